The summed E-state index contributed by atoms with van der Waals surface area (Å²) in [5.41, 5.74) is 0. The normalized spacial score (nSPS) is 19.7. The number of ether oxygens (including phenoxy) is 1. The molecule has 1 heterocycles. The summed E-state index contributed by atoms with van der Waals surface area (Å²) in [4.78, 5) is 25.5. The number of carbonyl (C=O) groups excluding carboxylic acids is 1. The van der Waals surface area contributed by atoms with Crippen molar-refractivity contribution >= 4 is 21.8 Å². The summed E-state index contributed by atoms with van der Waals surface area (Å²) in [6.45, 7) is 0.967. The molecule has 1 rings (SSSR count). The Kier molecular flexibility index (Phi) is 5.75. The van der Waals surface area contributed by atoms with Crippen LogP contribution in [-0.4, -0.2) is 86.7 Å². The number of sulfone groups is 1. The van der Waals surface area contributed by atoms with E-state index in [1.807, 2.05) is 0 Å². The molecule has 2 amide bonds. The van der Waals surface area contributed by atoms with Crippen LogP contribution >= 0.6 is 0 Å². The number of hydrogen-bond acceptors (Lipinski definition) is 5. The third-order valence-electron chi connectivity index (χ3n) is 2.94. The average molecular weight is 308 g/mol. The van der Waals surface area contributed by atoms with Crippen molar-refractivity contribution in [3.8, 4) is 0 Å². The van der Waals surface area contributed by atoms with Crippen LogP contribution in [0.4, 0.5) is 4.79 Å². The van der Waals surface area contributed by atoms with E-state index in [2.05, 4.69) is 0 Å². The van der Waals surface area contributed by atoms with Crippen molar-refractivity contribution in [2.24, 2.45) is 0 Å². The summed E-state index contributed by atoms with van der Waals surface area (Å²) in [7, 11) is -1.60. The number of morpholine rings is 1. The SMILES string of the molecule is CN(CCS(C)(=O)=O)C(=O)N1CCOC(CC(=O)O)C1. The van der Waals surface area contributed by atoms with Gasteiger partial charge in [0.15, 0.2) is 0 Å². The maximum atomic E-state index is 12.1. The van der Waals surface area contributed by atoms with E-state index in [4.69, 9.17) is 9.84 Å². The van der Waals surface area contributed by atoms with Crippen LogP contribution < -0.4 is 0 Å². The van der Waals surface area contributed by atoms with E-state index in [0.29, 0.717) is 6.54 Å². The molecule has 0 aromatic heterocycles. The Morgan fingerprint density at radius 1 is 1.45 bits per heavy atom. The third kappa shape index (κ3) is 5.74. The number of rotatable bonds is 5. The second kappa shape index (κ2) is 6.89. The first-order chi connectivity index (χ1) is 9.19. The highest BCUT2D eigenvalue weighted by Crippen LogP contribution is 2.10. The van der Waals surface area contributed by atoms with Gasteiger partial charge >= 0.3 is 12.0 Å². The van der Waals surface area contributed by atoms with Gasteiger partial charge in [-0.3, -0.25) is 4.79 Å². The number of carboxylic acids is 1. The van der Waals surface area contributed by atoms with Gasteiger partial charge in [-0.25, -0.2) is 13.2 Å². The largest absolute Gasteiger partial charge is 0.481 e. The van der Waals surface area contributed by atoms with Gasteiger partial charge in [-0.2, -0.15) is 0 Å². The van der Waals surface area contributed by atoms with Crippen molar-refractivity contribution in [3.05, 3.63) is 0 Å². The summed E-state index contributed by atoms with van der Waals surface area (Å²) in [6.07, 6.45) is 0.438. The summed E-state index contributed by atoms with van der Waals surface area (Å²) >= 11 is 0. The predicted octanol–water partition coefficient (Wildman–Crippen LogP) is -0.742. The molecule has 0 saturated carbocycles. The van der Waals surface area contributed by atoms with Crippen LogP contribution in [0.1, 0.15) is 6.42 Å². The number of nitrogens with zero attached hydrogens (tertiary/aromatic N) is 2. The molecule has 116 valence electrons. The molecule has 1 fully saturated rings. The van der Waals surface area contributed by atoms with Gasteiger partial charge in [0.1, 0.15) is 9.84 Å². The zero-order valence-electron chi connectivity index (χ0n) is 11.6. The lowest BCUT2D eigenvalue weighted by Crippen LogP contribution is -2.51. The van der Waals surface area contributed by atoms with E-state index < -0.39 is 21.9 Å². The number of carboxylic acid groups (broad SMARTS) is 1. The van der Waals surface area contributed by atoms with Crippen LogP contribution in [0, 0.1) is 0 Å². The zero-order chi connectivity index (χ0) is 15.3. The van der Waals surface area contributed by atoms with E-state index in [1.54, 1.807) is 0 Å². The fourth-order valence-electron chi connectivity index (χ4n) is 1.85. The first-order valence-electron chi connectivity index (χ1n) is 6.20. The fraction of sp³-hybridized carbons (Fsp3) is 0.818. The first kappa shape index (κ1) is 16.7. The lowest BCUT2D eigenvalue weighted by atomic mass is 10.2. The Balaban J connectivity index is 2.51. The molecule has 0 aliphatic carbocycles. The molecule has 1 aliphatic heterocycles. The molecule has 1 saturated heterocycles. The minimum atomic E-state index is -3.12. The van der Waals surface area contributed by atoms with Gasteiger partial charge in [-0.15, -0.1) is 0 Å². The molecule has 1 unspecified atom stereocenters. The van der Waals surface area contributed by atoms with Gasteiger partial charge in [-0.1, -0.05) is 0 Å². The van der Waals surface area contributed by atoms with E-state index >= 15 is 0 Å². The fourth-order valence-corrected chi connectivity index (χ4v) is 2.46. The molecule has 8 nitrogen and oxygen atoms in total. The second-order valence-corrected chi connectivity index (χ2v) is 7.13. The zero-order valence-corrected chi connectivity index (χ0v) is 12.4. The summed E-state index contributed by atoms with van der Waals surface area (Å²) in [5, 5.41) is 8.71. The quantitative estimate of drug-likeness (QED) is 0.717. The molecule has 1 aliphatic rings. The first-order valence-corrected chi connectivity index (χ1v) is 8.26. The highest BCUT2D eigenvalue weighted by Gasteiger charge is 2.27. The van der Waals surface area contributed by atoms with Gasteiger partial charge in [0.2, 0.25) is 0 Å². The van der Waals surface area contributed by atoms with Gasteiger partial charge < -0.3 is 19.6 Å². The van der Waals surface area contributed by atoms with Gasteiger partial charge in [0.25, 0.3) is 0 Å². The van der Waals surface area contributed by atoms with Crippen LogP contribution in [0.3, 0.4) is 0 Å². The van der Waals surface area contributed by atoms with Gasteiger partial charge in [0.05, 0.1) is 24.9 Å². The Hall–Kier alpha value is -1.35. The predicted molar refractivity (Wildman–Crippen MR) is 71.3 cm³/mol. The van der Waals surface area contributed by atoms with Crippen molar-refractivity contribution in [2.45, 2.75) is 12.5 Å². The van der Waals surface area contributed by atoms with Crippen LogP contribution in [0.5, 0.6) is 0 Å². The van der Waals surface area contributed by atoms with Gasteiger partial charge in [-0.05, 0) is 0 Å². The highest BCUT2D eigenvalue weighted by molar-refractivity contribution is 7.90. The van der Waals surface area contributed by atoms with Crippen molar-refractivity contribution in [2.75, 3.05) is 45.3 Å². The van der Waals surface area contributed by atoms with E-state index in [0.717, 1.165) is 6.26 Å². The summed E-state index contributed by atoms with van der Waals surface area (Å²) < 4.78 is 27.4. The molecular weight excluding hydrogens is 288 g/mol. The van der Waals surface area contributed by atoms with E-state index in [-0.39, 0.29) is 37.9 Å². The van der Waals surface area contributed by atoms with Crippen LogP contribution in [0.15, 0.2) is 0 Å². The molecule has 1 atom stereocenters. The maximum absolute atomic E-state index is 12.1. The number of carbonyl (C=O) groups is 2. The lowest BCUT2D eigenvalue weighted by molar-refractivity contribution is -0.141. The Labute approximate surface area is 118 Å². The summed E-state index contributed by atoms with van der Waals surface area (Å²) in [6, 6.07) is -0.313. The smallest absolute Gasteiger partial charge is 0.319 e. The minimum absolute atomic E-state index is 0.0991. The van der Waals surface area contributed by atoms with Crippen LogP contribution in [0.2, 0.25) is 0 Å². The summed E-state index contributed by atoms with van der Waals surface area (Å²) in [5.74, 6) is -1.08. The van der Waals surface area contributed by atoms with E-state index in [1.165, 1.54) is 16.8 Å². The van der Waals surface area contributed by atoms with Crippen molar-refractivity contribution in [1.29, 1.82) is 0 Å². The van der Waals surface area contributed by atoms with Crippen molar-refractivity contribution < 1.29 is 27.9 Å². The highest BCUT2D eigenvalue weighted by atomic mass is 32.2. The second-order valence-electron chi connectivity index (χ2n) is 4.87. The average Bonchev–Trinajstić information content (AvgIpc) is 2.33. The maximum Gasteiger partial charge on any atom is 0.319 e. The van der Waals surface area contributed by atoms with Crippen LogP contribution in [0.25, 0.3) is 0 Å². The topological polar surface area (TPSA) is 104 Å². The molecule has 9 heteroatoms. The third-order valence-corrected chi connectivity index (χ3v) is 3.86. The Bertz CT molecular complexity index is 464. The molecule has 0 aromatic rings. The number of amides is 2. The molecular formula is C11H20N2O6S. The number of urea groups is 1. The van der Waals surface area contributed by atoms with Crippen molar-refractivity contribution in [3.63, 3.8) is 0 Å². The molecule has 0 aromatic carbocycles. The monoisotopic (exact) mass is 308 g/mol. The van der Waals surface area contributed by atoms with Gasteiger partial charge in [0, 0.05) is 32.9 Å². The molecule has 0 bridgehead atoms. The molecule has 1 N–H and O–H groups in total. The standard InChI is InChI=1S/C11H20N2O6S/c1-12(4-6-20(2,17)18)11(16)13-3-5-19-9(8-13)7-10(14)15/h9H,3-8H2,1-2H3,(H,14,15). The van der Waals surface area contributed by atoms with E-state index in [9.17, 15) is 18.0 Å². The molecule has 0 spiro atoms. The Morgan fingerprint density at radius 3 is 2.65 bits per heavy atom. The lowest BCUT2D eigenvalue weighted by Gasteiger charge is -2.34. The molecule has 20 heavy (non-hydrogen) atoms. The van der Waals surface area contributed by atoms with Crippen molar-refractivity contribution in [1.82, 2.24) is 9.80 Å². The minimum Gasteiger partial charge on any atom is -0.481 e. The Morgan fingerprint density at radius 2 is 2.10 bits per heavy atom. The molecule has 0 radical (unpaired) electrons. The van der Waals surface area contributed by atoms with Crippen LogP contribution in [-0.2, 0) is 19.4 Å². The number of hydrogen-bond donors (Lipinski definition) is 1. The number of aliphatic carboxylic acids is 1.